The SMILES string of the molecule is CCSc1nc(N2CCO[C@H](COC)C2)cc(C)c1C(=O)NCc1cccc(F)c1. The summed E-state index contributed by atoms with van der Waals surface area (Å²) in [5.41, 5.74) is 2.15. The van der Waals surface area contributed by atoms with Crippen LogP contribution in [-0.4, -0.2) is 56.2 Å². The Labute approximate surface area is 181 Å². The third kappa shape index (κ3) is 5.71. The van der Waals surface area contributed by atoms with Gasteiger partial charge in [-0.3, -0.25) is 4.79 Å². The average Bonchev–Trinajstić information content (AvgIpc) is 2.72. The van der Waals surface area contributed by atoms with E-state index in [0.717, 1.165) is 23.7 Å². The smallest absolute Gasteiger partial charge is 0.254 e. The largest absolute Gasteiger partial charge is 0.382 e. The van der Waals surface area contributed by atoms with Gasteiger partial charge in [-0.1, -0.05) is 19.1 Å². The van der Waals surface area contributed by atoms with Gasteiger partial charge in [0.05, 0.1) is 24.9 Å². The number of thioether (sulfide) groups is 1. The van der Waals surface area contributed by atoms with Gasteiger partial charge < -0.3 is 19.7 Å². The summed E-state index contributed by atoms with van der Waals surface area (Å²) in [6.07, 6.45) is 0.00220. The van der Waals surface area contributed by atoms with Crippen molar-refractivity contribution in [3.05, 3.63) is 52.8 Å². The molecule has 1 aromatic heterocycles. The van der Waals surface area contributed by atoms with E-state index in [-0.39, 0.29) is 24.4 Å². The molecule has 1 aliphatic rings. The fourth-order valence-electron chi connectivity index (χ4n) is 3.44. The summed E-state index contributed by atoms with van der Waals surface area (Å²) in [6, 6.07) is 8.18. The molecule has 1 aliphatic heterocycles. The van der Waals surface area contributed by atoms with Crippen molar-refractivity contribution in [2.45, 2.75) is 31.5 Å². The maximum atomic E-state index is 13.4. The Morgan fingerprint density at radius 2 is 2.27 bits per heavy atom. The molecule has 1 saturated heterocycles. The number of amides is 1. The topological polar surface area (TPSA) is 63.7 Å². The van der Waals surface area contributed by atoms with Crippen LogP contribution in [-0.2, 0) is 16.0 Å². The minimum atomic E-state index is -0.316. The second-order valence-corrected chi connectivity index (χ2v) is 8.37. The Morgan fingerprint density at radius 3 is 3.00 bits per heavy atom. The van der Waals surface area contributed by atoms with Crippen LogP contribution in [0.15, 0.2) is 35.4 Å². The van der Waals surface area contributed by atoms with Crippen molar-refractivity contribution in [1.82, 2.24) is 10.3 Å². The van der Waals surface area contributed by atoms with Gasteiger partial charge in [0.15, 0.2) is 0 Å². The molecule has 30 heavy (non-hydrogen) atoms. The number of nitrogens with zero attached hydrogens (tertiary/aromatic N) is 2. The zero-order valence-electron chi connectivity index (χ0n) is 17.6. The average molecular weight is 434 g/mol. The van der Waals surface area contributed by atoms with Crippen LogP contribution < -0.4 is 10.2 Å². The van der Waals surface area contributed by atoms with Gasteiger partial charge in [0, 0.05) is 26.7 Å². The number of rotatable bonds is 8. The number of morpholine rings is 1. The fourth-order valence-corrected chi connectivity index (χ4v) is 4.27. The number of hydrogen-bond donors (Lipinski definition) is 1. The van der Waals surface area contributed by atoms with E-state index >= 15 is 0 Å². The Kier molecular flexibility index (Phi) is 8.07. The van der Waals surface area contributed by atoms with Crippen molar-refractivity contribution in [2.24, 2.45) is 0 Å². The summed E-state index contributed by atoms with van der Waals surface area (Å²) in [4.78, 5) is 19.9. The van der Waals surface area contributed by atoms with E-state index in [2.05, 4.69) is 10.2 Å². The monoisotopic (exact) mass is 433 g/mol. The highest BCUT2D eigenvalue weighted by molar-refractivity contribution is 7.99. The summed E-state index contributed by atoms with van der Waals surface area (Å²) in [5, 5.41) is 3.60. The van der Waals surface area contributed by atoms with Crippen LogP contribution in [0.1, 0.15) is 28.4 Å². The number of methoxy groups -OCH3 is 1. The normalized spacial score (nSPS) is 16.5. The summed E-state index contributed by atoms with van der Waals surface area (Å²) in [7, 11) is 1.66. The molecule has 1 N–H and O–H groups in total. The van der Waals surface area contributed by atoms with Crippen LogP contribution in [0, 0.1) is 12.7 Å². The van der Waals surface area contributed by atoms with E-state index in [1.165, 1.54) is 12.1 Å². The van der Waals surface area contributed by atoms with Crippen molar-refractivity contribution in [3.63, 3.8) is 0 Å². The molecule has 162 valence electrons. The lowest BCUT2D eigenvalue weighted by Gasteiger charge is -2.34. The molecule has 0 radical (unpaired) electrons. The first-order valence-electron chi connectivity index (χ1n) is 10.0. The number of carbonyl (C=O) groups excluding carboxylic acids is 1. The number of carbonyl (C=O) groups is 1. The van der Waals surface area contributed by atoms with Crippen LogP contribution in [0.4, 0.5) is 10.2 Å². The third-order valence-electron chi connectivity index (χ3n) is 4.84. The molecule has 1 amide bonds. The molecule has 2 heterocycles. The van der Waals surface area contributed by atoms with Gasteiger partial charge in [0.2, 0.25) is 0 Å². The van der Waals surface area contributed by atoms with Crippen molar-refractivity contribution >= 4 is 23.5 Å². The molecule has 1 fully saturated rings. The van der Waals surface area contributed by atoms with Crippen LogP contribution in [0.2, 0.25) is 0 Å². The molecule has 8 heteroatoms. The maximum Gasteiger partial charge on any atom is 0.254 e. The first-order chi connectivity index (χ1) is 14.5. The lowest BCUT2D eigenvalue weighted by atomic mass is 10.1. The second kappa shape index (κ2) is 10.7. The van der Waals surface area contributed by atoms with Crippen LogP contribution in [0.5, 0.6) is 0 Å². The van der Waals surface area contributed by atoms with Crippen LogP contribution in [0.25, 0.3) is 0 Å². The minimum Gasteiger partial charge on any atom is -0.382 e. The number of nitrogens with one attached hydrogen (secondary N) is 1. The quantitative estimate of drug-likeness (QED) is 0.644. The lowest BCUT2D eigenvalue weighted by molar-refractivity contribution is -0.0102. The molecular weight excluding hydrogens is 405 g/mol. The molecule has 0 aliphatic carbocycles. The van der Waals surface area contributed by atoms with Crippen LogP contribution >= 0.6 is 11.8 Å². The van der Waals surface area contributed by atoms with Gasteiger partial charge in [0.25, 0.3) is 5.91 Å². The standard InChI is InChI=1S/C22H28FN3O3S/c1-4-30-22-20(21(27)24-12-16-6-5-7-17(23)11-16)15(2)10-19(25-22)26-8-9-29-18(13-26)14-28-3/h5-7,10-11,18H,4,8-9,12-14H2,1-3H3,(H,24,27)/t18-/m0/s1. The Bertz CT molecular complexity index is 879. The summed E-state index contributed by atoms with van der Waals surface area (Å²) in [6.45, 7) is 6.81. The highest BCUT2D eigenvalue weighted by Gasteiger charge is 2.24. The van der Waals surface area contributed by atoms with E-state index < -0.39 is 0 Å². The molecular formula is C22H28FN3O3S. The van der Waals surface area contributed by atoms with Crippen LogP contribution in [0.3, 0.4) is 0 Å². The first-order valence-corrected chi connectivity index (χ1v) is 11.0. The number of hydrogen-bond acceptors (Lipinski definition) is 6. The summed E-state index contributed by atoms with van der Waals surface area (Å²) in [5.74, 6) is 1.12. The summed E-state index contributed by atoms with van der Waals surface area (Å²) >= 11 is 1.54. The number of halogens is 1. The molecule has 1 aromatic carbocycles. The zero-order chi connectivity index (χ0) is 21.5. The van der Waals surface area contributed by atoms with Crippen molar-refractivity contribution < 1.29 is 18.7 Å². The molecule has 2 aromatic rings. The van der Waals surface area contributed by atoms with Gasteiger partial charge in [0.1, 0.15) is 16.7 Å². The first kappa shape index (κ1) is 22.5. The molecule has 0 bridgehead atoms. The number of anilines is 1. The van der Waals surface area contributed by atoms with Crippen molar-refractivity contribution in [2.75, 3.05) is 44.1 Å². The predicted molar refractivity (Wildman–Crippen MR) is 117 cm³/mol. The molecule has 0 spiro atoms. The number of aryl methyl sites for hydroxylation is 1. The molecule has 0 saturated carbocycles. The van der Waals surface area contributed by atoms with E-state index in [0.29, 0.717) is 35.9 Å². The lowest BCUT2D eigenvalue weighted by Crippen LogP contribution is -2.44. The second-order valence-electron chi connectivity index (χ2n) is 7.12. The van der Waals surface area contributed by atoms with E-state index in [4.69, 9.17) is 14.5 Å². The van der Waals surface area contributed by atoms with Crippen molar-refractivity contribution in [1.29, 1.82) is 0 Å². The number of pyridine rings is 1. The Hall–Kier alpha value is -2.16. The highest BCUT2D eigenvalue weighted by atomic mass is 32.2. The van der Waals surface area contributed by atoms with E-state index in [1.807, 2.05) is 19.9 Å². The van der Waals surface area contributed by atoms with Gasteiger partial charge >= 0.3 is 0 Å². The van der Waals surface area contributed by atoms with Gasteiger partial charge in [-0.15, -0.1) is 11.8 Å². The predicted octanol–water partition coefficient (Wildman–Crippen LogP) is 3.42. The number of benzene rings is 1. The number of aromatic nitrogens is 1. The van der Waals surface area contributed by atoms with Gasteiger partial charge in [-0.25, -0.2) is 9.37 Å². The zero-order valence-corrected chi connectivity index (χ0v) is 18.4. The van der Waals surface area contributed by atoms with E-state index in [9.17, 15) is 9.18 Å². The Morgan fingerprint density at radius 1 is 1.43 bits per heavy atom. The minimum absolute atomic E-state index is 0.00220. The fraction of sp³-hybridized carbons (Fsp3) is 0.455. The number of ether oxygens (including phenoxy) is 2. The molecule has 0 unspecified atom stereocenters. The third-order valence-corrected chi connectivity index (χ3v) is 5.69. The Balaban J connectivity index is 1.79. The van der Waals surface area contributed by atoms with Gasteiger partial charge in [-0.05, 0) is 42.0 Å². The molecule has 6 nitrogen and oxygen atoms in total. The maximum absolute atomic E-state index is 13.4. The highest BCUT2D eigenvalue weighted by Crippen LogP contribution is 2.28. The molecule has 1 atom stereocenters. The summed E-state index contributed by atoms with van der Waals surface area (Å²) < 4.78 is 24.3. The van der Waals surface area contributed by atoms with E-state index in [1.54, 1.807) is 31.0 Å². The molecule has 3 rings (SSSR count). The van der Waals surface area contributed by atoms with Gasteiger partial charge in [-0.2, -0.15) is 0 Å². The van der Waals surface area contributed by atoms with Crippen molar-refractivity contribution in [3.8, 4) is 0 Å².